The highest BCUT2D eigenvalue weighted by molar-refractivity contribution is 6.11. The van der Waals surface area contributed by atoms with Gasteiger partial charge in [0, 0.05) is 23.4 Å². The van der Waals surface area contributed by atoms with Crippen LogP contribution < -0.4 is 4.90 Å². The second-order valence-electron chi connectivity index (χ2n) is 6.40. The summed E-state index contributed by atoms with van der Waals surface area (Å²) in [6.45, 7) is 1.15. The van der Waals surface area contributed by atoms with Crippen molar-refractivity contribution in [3.05, 3.63) is 102 Å². The Morgan fingerprint density at radius 2 is 1.38 bits per heavy atom. The van der Waals surface area contributed by atoms with E-state index in [4.69, 9.17) is 4.99 Å². The van der Waals surface area contributed by atoms with Crippen LogP contribution in [0.3, 0.4) is 0 Å². The van der Waals surface area contributed by atoms with Crippen molar-refractivity contribution in [3.8, 4) is 0 Å². The maximum Gasteiger partial charge on any atom is 0.169 e. The number of nitrogens with zero attached hydrogens (tertiary/aromatic N) is 2. The Kier molecular flexibility index (Phi) is 4.61. The first-order valence-electron chi connectivity index (χ1n) is 8.84. The maximum atomic E-state index is 12.9. The molecule has 3 nitrogen and oxygen atoms in total. The number of aliphatic imine (C=N–C) groups is 1. The highest BCUT2D eigenvalue weighted by Crippen LogP contribution is 2.24. The minimum atomic E-state index is -0.148. The lowest BCUT2D eigenvalue weighted by Gasteiger charge is -2.33. The second-order valence-corrected chi connectivity index (χ2v) is 6.40. The summed E-state index contributed by atoms with van der Waals surface area (Å²) in [5.41, 5.74) is 2.88. The molecule has 3 heteroatoms. The lowest BCUT2D eigenvalue weighted by molar-refractivity contribution is 0.0927. The minimum absolute atomic E-state index is 0.148. The van der Waals surface area contributed by atoms with Gasteiger partial charge < -0.3 is 4.90 Å². The van der Waals surface area contributed by atoms with Gasteiger partial charge in [0.25, 0.3) is 0 Å². The van der Waals surface area contributed by atoms with Crippen LogP contribution in [0.4, 0.5) is 5.69 Å². The third-order valence-electron chi connectivity index (χ3n) is 4.65. The molecule has 1 aliphatic rings. The first-order chi connectivity index (χ1) is 12.8. The van der Waals surface area contributed by atoms with E-state index in [1.165, 1.54) is 0 Å². The van der Waals surface area contributed by atoms with Crippen molar-refractivity contribution < 1.29 is 4.79 Å². The summed E-state index contributed by atoms with van der Waals surface area (Å²) >= 11 is 0. The first-order valence-corrected chi connectivity index (χ1v) is 8.84. The molecule has 0 radical (unpaired) electrons. The van der Waals surface area contributed by atoms with Gasteiger partial charge in [-0.05, 0) is 12.1 Å². The molecule has 3 aromatic rings. The van der Waals surface area contributed by atoms with E-state index in [0.29, 0.717) is 13.1 Å². The predicted octanol–water partition coefficient (Wildman–Crippen LogP) is 4.45. The molecule has 1 atom stereocenters. The molecule has 3 aromatic carbocycles. The SMILES string of the molecule is O=C(c1ccccc1)C1CN=C(c2ccccc2)N(c2ccccc2)C1. The van der Waals surface area contributed by atoms with Gasteiger partial charge >= 0.3 is 0 Å². The van der Waals surface area contributed by atoms with Crippen LogP contribution in [0.15, 0.2) is 96.0 Å². The van der Waals surface area contributed by atoms with Crippen LogP contribution in [0.2, 0.25) is 0 Å². The number of anilines is 1. The topological polar surface area (TPSA) is 32.7 Å². The molecule has 0 N–H and O–H groups in total. The Labute approximate surface area is 153 Å². The van der Waals surface area contributed by atoms with Crippen LogP contribution in [0.25, 0.3) is 0 Å². The lowest BCUT2D eigenvalue weighted by atomic mass is 9.95. The molecule has 0 aromatic heterocycles. The fourth-order valence-electron chi connectivity index (χ4n) is 3.32. The Hall–Kier alpha value is -3.20. The van der Waals surface area contributed by atoms with Crippen LogP contribution in [-0.2, 0) is 0 Å². The third-order valence-corrected chi connectivity index (χ3v) is 4.65. The van der Waals surface area contributed by atoms with Gasteiger partial charge in [-0.25, -0.2) is 0 Å². The molecule has 0 saturated heterocycles. The van der Waals surface area contributed by atoms with Gasteiger partial charge in [0.15, 0.2) is 5.78 Å². The van der Waals surface area contributed by atoms with Crippen molar-refractivity contribution in [2.45, 2.75) is 0 Å². The third kappa shape index (κ3) is 3.29. The Morgan fingerprint density at radius 1 is 0.808 bits per heavy atom. The molecule has 128 valence electrons. The molecule has 0 saturated carbocycles. The summed E-state index contributed by atoms with van der Waals surface area (Å²) in [5, 5.41) is 0. The van der Waals surface area contributed by atoms with Crippen LogP contribution >= 0.6 is 0 Å². The van der Waals surface area contributed by atoms with Crippen molar-refractivity contribution >= 4 is 17.3 Å². The van der Waals surface area contributed by atoms with Gasteiger partial charge in [-0.1, -0.05) is 78.9 Å². The van der Waals surface area contributed by atoms with E-state index in [1.54, 1.807) is 0 Å². The normalized spacial score (nSPS) is 16.8. The number of hydrogen-bond donors (Lipinski definition) is 0. The van der Waals surface area contributed by atoms with Crippen LogP contribution in [0.1, 0.15) is 15.9 Å². The Bertz CT molecular complexity index is 905. The zero-order valence-corrected chi connectivity index (χ0v) is 14.5. The van der Waals surface area contributed by atoms with Crippen molar-refractivity contribution in [1.82, 2.24) is 0 Å². The van der Waals surface area contributed by atoms with Crippen molar-refractivity contribution in [3.63, 3.8) is 0 Å². The van der Waals surface area contributed by atoms with Crippen molar-refractivity contribution in [2.24, 2.45) is 10.9 Å². The number of para-hydroxylation sites is 1. The van der Waals surface area contributed by atoms with E-state index in [-0.39, 0.29) is 11.7 Å². The molecule has 0 amide bonds. The minimum Gasteiger partial charge on any atom is -0.325 e. The lowest BCUT2D eigenvalue weighted by Crippen LogP contribution is -2.43. The second kappa shape index (κ2) is 7.36. The molecular weight excluding hydrogens is 320 g/mol. The van der Waals surface area contributed by atoms with E-state index in [0.717, 1.165) is 22.6 Å². The fourth-order valence-corrected chi connectivity index (χ4v) is 3.32. The van der Waals surface area contributed by atoms with Gasteiger partial charge in [-0.3, -0.25) is 9.79 Å². The van der Waals surface area contributed by atoms with Crippen molar-refractivity contribution in [1.29, 1.82) is 0 Å². The van der Waals surface area contributed by atoms with Gasteiger partial charge in [-0.15, -0.1) is 0 Å². The number of carbonyl (C=O) groups is 1. The van der Waals surface area contributed by atoms with Crippen molar-refractivity contribution in [2.75, 3.05) is 18.0 Å². The van der Waals surface area contributed by atoms with E-state index in [9.17, 15) is 4.79 Å². The summed E-state index contributed by atoms with van der Waals surface area (Å²) in [7, 11) is 0. The van der Waals surface area contributed by atoms with E-state index in [1.807, 2.05) is 66.7 Å². The van der Waals surface area contributed by atoms with Gasteiger partial charge in [-0.2, -0.15) is 0 Å². The van der Waals surface area contributed by atoms with Gasteiger partial charge in [0.1, 0.15) is 5.84 Å². The average molecular weight is 340 g/mol. The number of amidine groups is 1. The Balaban J connectivity index is 1.69. The van der Waals surface area contributed by atoms with E-state index in [2.05, 4.69) is 29.2 Å². The highest BCUT2D eigenvalue weighted by Gasteiger charge is 2.29. The number of rotatable bonds is 4. The number of benzene rings is 3. The smallest absolute Gasteiger partial charge is 0.169 e. The summed E-state index contributed by atoms with van der Waals surface area (Å²) in [6, 6.07) is 29.8. The quantitative estimate of drug-likeness (QED) is 0.657. The average Bonchev–Trinajstić information content (AvgIpc) is 2.75. The standard InChI is InChI=1S/C23H20N2O/c26-22(18-10-4-1-5-11-18)20-16-24-23(19-12-6-2-7-13-19)25(17-20)21-14-8-3-9-15-21/h1-15,20H,16-17H2. The summed E-state index contributed by atoms with van der Waals surface area (Å²) in [5.74, 6) is 0.932. The maximum absolute atomic E-state index is 12.9. The zero-order valence-electron chi connectivity index (χ0n) is 14.5. The highest BCUT2D eigenvalue weighted by atomic mass is 16.1. The molecule has 0 fully saturated rings. The van der Waals surface area contributed by atoms with E-state index >= 15 is 0 Å². The number of hydrogen-bond acceptors (Lipinski definition) is 3. The molecule has 1 aliphatic heterocycles. The molecule has 0 bridgehead atoms. The van der Waals surface area contributed by atoms with Crippen LogP contribution in [0.5, 0.6) is 0 Å². The monoisotopic (exact) mass is 340 g/mol. The summed E-state index contributed by atoms with van der Waals surface area (Å²) in [4.78, 5) is 19.9. The largest absolute Gasteiger partial charge is 0.325 e. The molecular formula is C23H20N2O. The van der Waals surface area contributed by atoms with E-state index < -0.39 is 0 Å². The summed E-state index contributed by atoms with van der Waals surface area (Å²) in [6.07, 6.45) is 0. The predicted molar refractivity (Wildman–Crippen MR) is 106 cm³/mol. The molecule has 26 heavy (non-hydrogen) atoms. The molecule has 1 heterocycles. The molecule has 0 aliphatic carbocycles. The molecule has 1 unspecified atom stereocenters. The summed E-state index contributed by atoms with van der Waals surface area (Å²) < 4.78 is 0. The molecule has 4 rings (SSSR count). The van der Waals surface area contributed by atoms with Crippen LogP contribution in [-0.4, -0.2) is 24.7 Å². The number of carbonyl (C=O) groups excluding carboxylic acids is 1. The first kappa shape index (κ1) is 16.3. The number of ketones is 1. The van der Waals surface area contributed by atoms with Crippen LogP contribution in [0, 0.1) is 5.92 Å². The number of Topliss-reactive ketones (excluding diaryl/α,β-unsaturated/α-hetero) is 1. The van der Waals surface area contributed by atoms with Gasteiger partial charge in [0.05, 0.1) is 12.5 Å². The Morgan fingerprint density at radius 3 is 2.04 bits per heavy atom. The van der Waals surface area contributed by atoms with Gasteiger partial charge in [0.2, 0.25) is 0 Å². The molecule has 0 spiro atoms. The fraction of sp³-hybridized carbons (Fsp3) is 0.130. The zero-order chi connectivity index (χ0) is 17.8.